The molecule has 0 aromatic carbocycles. The molecule has 0 aromatic heterocycles. The average Bonchev–Trinajstić information content (AvgIpc) is 2.35. The molecule has 0 aromatic rings. The molecular formula is C15H28N2O3. The van der Waals surface area contributed by atoms with Crippen molar-refractivity contribution in [3.63, 3.8) is 0 Å². The van der Waals surface area contributed by atoms with Crippen LogP contribution >= 0.6 is 0 Å². The minimum Gasteiger partial charge on any atom is -0.480 e. The Balaban J connectivity index is 2.45. The van der Waals surface area contributed by atoms with Gasteiger partial charge in [-0.1, -0.05) is 34.1 Å². The fourth-order valence-electron chi connectivity index (χ4n) is 2.72. The molecular weight excluding hydrogens is 256 g/mol. The lowest BCUT2D eigenvalue weighted by Crippen LogP contribution is -2.54. The van der Waals surface area contributed by atoms with Gasteiger partial charge in [-0.3, -0.25) is 0 Å². The minimum atomic E-state index is -0.998. The predicted molar refractivity (Wildman–Crippen MR) is 78.6 cm³/mol. The maximum Gasteiger partial charge on any atom is 0.326 e. The van der Waals surface area contributed by atoms with Gasteiger partial charge >= 0.3 is 12.0 Å². The summed E-state index contributed by atoms with van der Waals surface area (Å²) in [5.74, 6) is -0.222. The highest BCUT2D eigenvalue weighted by atomic mass is 16.4. The lowest BCUT2D eigenvalue weighted by Gasteiger charge is -2.31. The second kappa shape index (κ2) is 6.95. The highest BCUT2D eigenvalue weighted by Gasteiger charge is 2.33. The Kier molecular flexibility index (Phi) is 5.84. The summed E-state index contributed by atoms with van der Waals surface area (Å²) in [6, 6.07) is -1.08. The molecule has 0 saturated heterocycles. The molecule has 5 heteroatoms. The zero-order valence-electron chi connectivity index (χ0n) is 13.0. The first-order valence-corrected chi connectivity index (χ1v) is 7.53. The maximum atomic E-state index is 11.9. The van der Waals surface area contributed by atoms with E-state index in [9.17, 15) is 14.7 Å². The van der Waals surface area contributed by atoms with Crippen LogP contribution < -0.4 is 10.6 Å². The second-order valence-electron chi connectivity index (χ2n) is 6.88. The van der Waals surface area contributed by atoms with E-state index in [0.29, 0.717) is 0 Å². The van der Waals surface area contributed by atoms with Gasteiger partial charge < -0.3 is 15.7 Å². The third-order valence-electron chi connectivity index (χ3n) is 4.15. The highest BCUT2D eigenvalue weighted by Crippen LogP contribution is 2.26. The van der Waals surface area contributed by atoms with Crippen LogP contribution in [0.2, 0.25) is 0 Å². The fourth-order valence-corrected chi connectivity index (χ4v) is 2.72. The maximum absolute atomic E-state index is 11.9. The summed E-state index contributed by atoms with van der Waals surface area (Å²) in [6.45, 7) is 7.61. The third kappa shape index (κ3) is 5.02. The van der Waals surface area contributed by atoms with E-state index in [0.717, 1.165) is 31.6 Å². The smallest absolute Gasteiger partial charge is 0.326 e. The van der Waals surface area contributed by atoms with Crippen molar-refractivity contribution in [2.75, 3.05) is 0 Å². The van der Waals surface area contributed by atoms with Crippen LogP contribution in [0.4, 0.5) is 4.79 Å². The van der Waals surface area contributed by atoms with E-state index in [4.69, 9.17) is 0 Å². The van der Waals surface area contributed by atoms with Gasteiger partial charge in [0.05, 0.1) is 0 Å². The summed E-state index contributed by atoms with van der Waals surface area (Å²) in [6.07, 6.45) is 5.45. The number of nitrogens with one attached hydrogen (secondary N) is 2. The molecule has 2 amide bonds. The van der Waals surface area contributed by atoms with E-state index in [1.807, 2.05) is 0 Å². The molecule has 1 aliphatic rings. The number of hydrogen-bond donors (Lipinski definition) is 3. The molecule has 1 rings (SSSR count). The number of hydrogen-bond acceptors (Lipinski definition) is 2. The molecule has 0 radical (unpaired) electrons. The van der Waals surface area contributed by atoms with Crippen molar-refractivity contribution < 1.29 is 14.7 Å². The summed E-state index contributed by atoms with van der Waals surface area (Å²) in [5.41, 5.74) is -0.511. The lowest BCUT2D eigenvalue weighted by molar-refractivity contribution is -0.141. The van der Waals surface area contributed by atoms with Crippen LogP contribution in [-0.4, -0.2) is 29.2 Å². The first-order chi connectivity index (χ1) is 9.24. The highest BCUT2D eigenvalue weighted by molar-refractivity contribution is 5.83. The van der Waals surface area contributed by atoms with Crippen LogP contribution in [0.3, 0.4) is 0 Å². The third-order valence-corrected chi connectivity index (χ3v) is 4.15. The number of aliphatic carboxylic acids is 1. The van der Waals surface area contributed by atoms with E-state index < -0.39 is 17.4 Å². The van der Waals surface area contributed by atoms with Gasteiger partial charge in [0.25, 0.3) is 0 Å². The molecule has 0 heterocycles. The Hall–Kier alpha value is -1.26. The zero-order valence-corrected chi connectivity index (χ0v) is 13.0. The summed E-state index contributed by atoms with van der Waals surface area (Å²) >= 11 is 0. The van der Waals surface area contributed by atoms with Gasteiger partial charge in [0.2, 0.25) is 0 Å². The Morgan fingerprint density at radius 2 is 1.75 bits per heavy atom. The Labute approximate surface area is 121 Å². The predicted octanol–water partition coefficient (Wildman–Crippen LogP) is 2.75. The quantitative estimate of drug-likeness (QED) is 0.742. The van der Waals surface area contributed by atoms with Crippen LogP contribution in [0.5, 0.6) is 0 Å². The molecule has 0 spiro atoms. The number of carbonyl (C=O) groups excluding carboxylic acids is 1. The summed E-state index contributed by atoms with van der Waals surface area (Å²) < 4.78 is 0. The molecule has 0 bridgehead atoms. The molecule has 1 aliphatic carbocycles. The van der Waals surface area contributed by atoms with Crippen molar-refractivity contribution in [3.05, 3.63) is 0 Å². The van der Waals surface area contributed by atoms with Crippen molar-refractivity contribution >= 4 is 12.0 Å². The largest absolute Gasteiger partial charge is 0.480 e. The van der Waals surface area contributed by atoms with Crippen molar-refractivity contribution in [3.8, 4) is 0 Å². The molecule has 5 nitrogen and oxygen atoms in total. The second-order valence-corrected chi connectivity index (χ2v) is 6.88. The summed E-state index contributed by atoms with van der Waals surface area (Å²) in [7, 11) is 0. The lowest BCUT2D eigenvalue weighted by atomic mass is 9.84. The van der Waals surface area contributed by atoms with Gasteiger partial charge in [-0.15, -0.1) is 0 Å². The van der Waals surface area contributed by atoms with E-state index in [-0.39, 0.29) is 12.1 Å². The van der Waals surface area contributed by atoms with Gasteiger partial charge in [-0.2, -0.15) is 0 Å². The van der Waals surface area contributed by atoms with Crippen molar-refractivity contribution in [2.24, 2.45) is 11.3 Å². The van der Waals surface area contributed by atoms with E-state index in [1.54, 1.807) is 20.8 Å². The first kappa shape index (κ1) is 16.8. The number of amides is 2. The molecule has 1 fully saturated rings. The van der Waals surface area contributed by atoms with Gasteiger partial charge in [-0.25, -0.2) is 9.59 Å². The molecule has 1 saturated carbocycles. The van der Waals surface area contributed by atoms with Gasteiger partial charge in [0, 0.05) is 6.04 Å². The van der Waals surface area contributed by atoms with Crippen LogP contribution in [0.15, 0.2) is 0 Å². The number of urea groups is 1. The molecule has 1 atom stereocenters. The van der Waals surface area contributed by atoms with Crippen molar-refractivity contribution in [2.45, 2.75) is 71.9 Å². The zero-order chi connectivity index (χ0) is 15.3. The topological polar surface area (TPSA) is 78.4 Å². The van der Waals surface area contributed by atoms with Crippen molar-refractivity contribution in [1.82, 2.24) is 10.6 Å². The summed E-state index contributed by atoms with van der Waals surface area (Å²) in [4.78, 5) is 23.2. The Bertz CT molecular complexity index is 342. The molecule has 20 heavy (non-hydrogen) atoms. The number of carbonyl (C=O) groups is 2. The first-order valence-electron chi connectivity index (χ1n) is 7.53. The Morgan fingerprint density at radius 3 is 2.15 bits per heavy atom. The van der Waals surface area contributed by atoms with E-state index in [1.165, 1.54) is 6.42 Å². The van der Waals surface area contributed by atoms with Crippen molar-refractivity contribution in [1.29, 1.82) is 0 Å². The molecule has 3 N–H and O–H groups in total. The van der Waals surface area contributed by atoms with E-state index >= 15 is 0 Å². The van der Waals surface area contributed by atoms with Gasteiger partial charge in [0.1, 0.15) is 6.04 Å². The van der Waals surface area contributed by atoms with Gasteiger partial charge in [-0.05, 0) is 37.0 Å². The van der Waals surface area contributed by atoms with Gasteiger partial charge in [0.15, 0.2) is 0 Å². The van der Waals surface area contributed by atoms with Crippen LogP contribution in [0, 0.1) is 11.3 Å². The molecule has 0 aliphatic heterocycles. The summed E-state index contributed by atoms with van der Waals surface area (Å²) in [5, 5.41) is 14.7. The van der Waals surface area contributed by atoms with E-state index in [2.05, 4.69) is 17.6 Å². The fraction of sp³-hybridized carbons (Fsp3) is 0.867. The normalized spacial score (nSPS) is 24.8. The monoisotopic (exact) mass is 284 g/mol. The molecule has 116 valence electrons. The van der Waals surface area contributed by atoms with Crippen LogP contribution in [-0.2, 0) is 4.79 Å². The number of carboxylic acid groups (broad SMARTS) is 1. The molecule has 1 unspecified atom stereocenters. The minimum absolute atomic E-state index is 0.173. The number of carboxylic acids is 1. The standard InChI is InChI=1S/C15H28N2O3/c1-5-10-6-8-11(9-7-10)16-14(20)17-12(13(18)19)15(2,3)4/h10-12H,5-9H2,1-4H3,(H,18,19)(H2,16,17,20). The average molecular weight is 284 g/mol. The van der Waals surface area contributed by atoms with Crippen LogP contribution in [0.1, 0.15) is 59.8 Å². The van der Waals surface area contributed by atoms with Crippen LogP contribution in [0.25, 0.3) is 0 Å². The SMILES string of the molecule is CCC1CCC(NC(=O)NC(C(=O)O)C(C)(C)C)CC1. The number of rotatable bonds is 4. The Morgan fingerprint density at radius 1 is 1.20 bits per heavy atom.